The third-order valence-electron chi connectivity index (χ3n) is 3.65. The summed E-state index contributed by atoms with van der Waals surface area (Å²) >= 11 is 3.92. The van der Waals surface area contributed by atoms with Gasteiger partial charge >= 0.3 is 78.4 Å². The van der Waals surface area contributed by atoms with E-state index in [1.54, 1.807) is 31.3 Å². The van der Waals surface area contributed by atoms with E-state index in [0.29, 0.717) is 0 Å². The molecule has 2 aliphatic rings. The minimum atomic E-state index is -0.706. The van der Waals surface area contributed by atoms with Gasteiger partial charge in [-0.1, -0.05) is 0 Å². The van der Waals surface area contributed by atoms with Crippen LogP contribution in [0.25, 0.3) is 0 Å². The first-order valence-corrected chi connectivity index (χ1v) is 8.59. The fourth-order valence-corrected chi connectivity index (χ4v) is 10.6. The number of halogens is 1. The molecule has 1 spiro atoms. The van der Waals surface area contributed by atoms with Crippen LogP contribution in [0.2, 0.25) is 0 Å². The van der Waals surface area contributed by atoms with Gasteiger partial charge in [0.05, 0.1) is 0 Å². The Labute approximate surface area is 78.6 Å². The Morgan fingerprint density at radius 1 is 0.909 bits per heavy atom. The normalized spacial score (nSPS) is 39.2. The Balaban J connectivity index is 2.06. The molecule has 2 saturated heterocycles. The Morgan fingerprint density at radius 2 is 1.55 bits per heavy atom. The zero-order valence-electron chi connectivity index (χ0n) is 7.11. The molecule has 2 rings (SSSR count). The van der Waals surface area contributed by atoms with Crippen LogP contribution in [0.15, 0.2) is 0 Å². The second-order valence-electron chi connectivity index (χ2n) is 4.28. The number of rotatable bonds is 0. The molecule has 0 aromatic rings. The van der Waals surface area contributed by atoms with Crippen molar-refractivity contribution in [3.8, 4) is 0 Å². The molecule has 2 heterocycles. The molecule has 66 valence electrons. The Kier molecular flexibility index (Phi) is 2.58. The van der Waals surface area contributed by atoms with Crippen LogP contribution in [0.3, 0.4) is 0 Å². The molecule has 1 atom stereocenters. The zero-order chi connectivity index (χ0) is 7.73. The van der Waals surface area contributed by atoms with E-state index in [4.69, 9.17) is 0 Å². The van der Waals surface area contributed by atoms with Crippen molar-refractivity contribution in [2.45, 2.75) is 36.7 Å². The van der Waals surface area contributed by atoms with Crippen LogP contribution in [-0.4, -0.2) is 23.1 Å². The van der Waals surface area contributed by atoms with E-state index < -0.39 is 7.26 Å². The summed E-state index contributed by atoms with van der Waals surface area (Å²) in [5.74, 6) is 0. The monoisotopic (exact) mass is 236 g/mol. The predicted octanol–water partition coefficient (Wildman–Crippen LogP) is 3.44. The molecule has 0 N–H and O–H groups in total. The van der Waals surface area contributed by atoms with Crippen molar-refractivity contribution in [3.05, 3.63) is 0 Å². The Bertz CT molecular complexity index is 140. The molecule has 0 amide bonds. The van der Waals surface area contributed by atoms with E-state index in [1.165, 1.54) is 19.3 Å². The van der Waals surface area contributed by atoms with E-state index in [9.17, 15) is 0 Å². The zero-order valence-corrected chi connectivity index (χ0v) is 9.70. The molecule has 2 aliphatic heterocycles. The summed E-state index contributed by atoms with van der Waals surface area (Å²) in [4.78, 5) is 0. The second kappa shape index (κ2) is 3.34. The second-order valence-corrected chi connectivity index (χ2v) is 11.2. The molecule has 0 radical (unpaired) electrons. The maximum absolute atomic E-state index is 3.92. The first-order chi connectivity index (χ1) is 5.33. The number of hydrogen-bond acceptors (Lipinski definition) is 0. The average molecular weight is 237 g/mol. The molecule has 0 aromatic carbocycles. The van der Waals surface area contributed by atoms with Gasteiger partial charge < -0.3 is 0 Å². The molecule has 1 unspecified atom stereocenters. The van der Waals surface area contributed by atoms with Crippen molar-refractivity contribution in [2.24, 2.45) is 0 Å². The summed E-state index contributed by atoms with van der Waals surface area (Å²) in [6, 6.07) is 0. The maximum atomic E-state index is 3.92. The van der Waals surface area contributed by atoms with E-state index in [2.05, 4.69) is 15.9 Å². The molecule has 11 heavy (non-hydrogen) atoms. The van der Waals surface area contributed by atoms with Crippen molar-refractivity contribution >= 4 is 23.2 Å². The van der Waals surface area contributed by atoms with E-state index in [-0.39, 0.29) is 0 Å². The van der Waals surface area contributed by atoms with Crippen LogP contribution in [0.1, 0.15) is 32.1 Å². The SMILES string of the molecule is BrC1CCC[PH]12CCCCC2. The molecule has 0 bridgehead atoms. The van der Waals surface area contributed by atoms with Crippen molar-refractivity contribution in [1.29, 1.82) is 0 Å². The summed E-state index contributed by atoms with van der Waals surface area (Å²) in [7, 11) is -0.706. The van der Waals surface area contributed by atoms with Crippen LogP contribution < -0.4 is 0 Å². The molecule has 2 fully saturated rings. The fourth-order valence-electron chi connectivity index (χ4n) is 2.92. The van der Waals surface area contributed by atoms with E-state index in [0.717, 1.165) is 4.57 Å². The minimum absolute atomic E-state index is 0.706. The summed E-state index contributed by atoms with van der Waals surface area (Å²) in [5, 5.41) is 0. The fraction of sp³-hybridized carbons (Fsp3) is 1.00. The quantitative estimate of drug-likeness (QED) is 0.447. The van der Waals surface area contributed by atoms with Gasteiger partial charge in [0.25, 0.3) is 0 Å². The van der Waals surface area contributed by atoms with Gasteiger partial charge in [0.2, 0.25) is 0 Å². The number of alkyl halides is 1. The van der Waals surface area contributed by atoms with Crippen molar-refractivity contribution in [3.63, 3.8) is 0 Å². The first kappa shape index (κ1) is 8.51. The molecular formula is C9H18BrP. The van der Waals surface area contributed by atoms with Crippen LogP contribution in [0, 0.1) is 0 Å². The molecule has 0 nitrogen and oxygen atoms in total. The standard InChI is InChI=1S/C9H18BrP/c10-9-5-4-8-11(9)6-2-1-3-7-11/h9,11H,1-8H2. The van der Waals surface area contributed by atoms with Crippen LogP contribution in [0.5, 0.6) is 0 Å². The summed E-state index contributed by atoms with van der Waals surface area (Å²) in [5.41, 5.74) is 0. The Morgan fingerprint density at radius 3 is 2.09 bits per heavy atom. The topological polar surface area (TPSA) is 0 Å². The van der Waals surface area contributed by atoms with E-state index in [1.807, 2.05) is 0 Å². The molecule has 0 saturated carbocycles. The summed E-state index contributed by atoms with van der Waals surface area (Å²) in [6.07, 6.45) is 12.6. The summed E-state index contributed by atoms with van der Waals surface area (Å²) < 4.78 is 0.996. The molecule has 2 heteroatoms. The molecule has 0 aromatic heterocycles. The van der Waals surface area contributed by atoms with Crippen molar-refractivity contribution in [1.82, 2.24) is 0 Å². The van der Waals surface area contributed by atoms with Gasteiger partial charge in [0, 0.05) is 0 Å². The summed E-state index contributed by atoms with van der Waals surface area (Å²) in [6.45, 7) is 0. The van der Waals surface area contributed by atoms with Gasteiger partial charge in [-0.25, -0.2) is 0 Å². The van der Waals surface area contributed by atoms with Gasteiger partial charge in [-0.15, -0.1) is 0 Å². The molecule has 0 aliphatic carbocycles. The third kappa shape index (κ3) is 1.52. The van der Waals surface area contributed by atoms with Crippen molar-refractivity contribution < 1.29 is 0 Å². The van der Waals surface area contributed by atoms with Crippen molar-refractivity contribution in [2.75, 3.05) is 18.5 Å². The van der Waals surface area contributed by atoms with Crippen LogP contribution in [0.4, 0.5) is 0 Å². The van der Waals surface area contributed by atoms with Gasteiger partial charge in [-0.05, 0) is 0 Å². The van der Waals surface area contributed by atoms with Crippen LogP contribution >= 0.6 is 23.2 Å². The predicted molar refractivity (Wildman–Crippen MR) is 58.7 cm³/mol. The van der Waals surface area contributed by atoms with E-state index >= 15 is 0 Å². The van der Waals surface area contributed by atoms with Gasteiger partial charge in [0.15, 0.2) is 0 Å². The third-order valence-corrected chi connectivity index (χ3v) is 12.7. The molecular weight excluding hydrogens is 219 g/mol. The first-order valence-electron chi connectivity index (χ1n) is 4.98. The average Bonchev–Trinajstić information content (AvgIpc) is 2.36. The van der Waals surface area contributed by atoms with Crippen LogP contribution in [-0.2, 0) is 0 Å². The Hall–Kier alpha value is 0.910. The van der Waals surface area contributed by atoms with Gasteiger partial charge in [0.1, 0.15) is 0 Å². The number of hydrogen-bond donors (Lipinski definition) is 0. The van der Waals surface area contributed by atoms with Gasteiger partial charge in [-0.2, -0.15) is 0 Å². The van der Waals surface area contributed by atoms with Gasteiger partial charge in [-0.3, -0.25) is 0 Å².